The summed E-state index contributed by atoms with van der Waals surface area (Å²) >= 11 is 2.07. The molecule has 2 aromatic heterocycles. The van der Waals surface area contributed by atoms with E-state index in [9.17, 15) is 22.8 Å². The van der Waals surface area contributed by atoms with E-state index in [0.29, 0.717) is 35.9 Å². The summed E-state index contributed by atoms with van der Waals surface area (Å²) in [6.07, 6.45) is -4.57. The Hall–Kier alpha value is -4.30. The van der Waals surface area contributed by atoms with Crippen molar-refractivity contribution in [3.8, 4) is 17.2 Å². The standard InChI is InChI=1S/C27H20F3N5O4S2/c28-27(29,30)16-4-3-5-18(12-16)35-23(14-34-19-6-1-2-7-22(19)41-26(34)37)32-33-25(35)40-15-24(36)31-17-8-9-20-21(13-17)39-11-10-38-20/h1-9,12-13H,10-11,14-15H2,(H,31,36). The zero-order chi connectivity index (χ0) is 28.6. The number of benzene rings is 3. The number of para-hydroxylation sites is 1. The number of anilines is 1. The quantitative estimate of drug-likeness (QED) is 0.256. The molecule has 0 saturated carbocycles. The van der Waals surface area contributed by atoms with Crippen LogP contribution in [-0.2, 0) is 17.5 Å². The fourth-order valence-electron chi connectivity index (χ4n) is 4.33. The molecule has 3 heterocycles. The molecule has 1 aliphatic heterocycles. The van der Waals surface area contributed by atoms with E-state index in [0.717, 1.165) is 39.9 Å². The molecule has 0 saturated heterocycles. The number of carbonyl (C=O) groups is 1. The first-order chi connectivity index (χ1) is 19.8. The van der Waals surface area contributed by atoms with Gasteiger partial charge in [0.15, 0.2) is 22.5 Å². The number of carbonyl (C=O) groups excluding carboxylic acids is 1. The van der Waals surface area contributed by atoms with Gasteiger partial charge >= 0.3 is 11.0 Å². The van der Waals surface area contributed by atoms with Gasteiger partial charge in [-0.3, -0.25) is 18.7 Å². The number of ether oxygens (including phenoxy) is 2. The number of fused-ring (bicyclic) bond motifs is 2. The van der Waals surface area contributed by atoms with Gasteiger partial charge < -0.3 is 14.8 Å². The third-order valence-corrected chi connectivity index (χ3v) is 8.05. The molecule has 41 heavy (non-hydrogen) atoms. The van der Waals surface area contributed by atoms with Gasteiger partial charge in [0.05, 0.1) is 33.8 Å². The maximum Gasteiger partial charge on any atom is 0.416 e. The van der Waals surface area contributed by atoms with Gasteiger partial charge in [0, 0.05) is 11.8 Å². The normalized spacial score (nSPS) is 13.0. The third-order valence-electron chi connectivity index (χ3n) is 6.16. The van der Waals surface area contributed by atoms with Gasteiger partial charge in [-0.25, -0.2) is 0 Å². The zero-order valence-electron chi connectivity index (χ0n) is 21.1. The Kier molecular flexibility index (Phi) is 7.17. The number of thiazole rings is 1. The average Bonchev–Trinajstić information content (AvgIpc) is 3.51. The molecule has 210 valence electrons. The smallest absolute Gasteiger partial charge is 0.416 e. The minimum absolute atomic E-state index is 0.0317. The number of aromatic nitrogens is 4. The molecular weight excluding hydrogens is 579 g/mol. The average molecular weight is 600 g/mol. The maximum absolute atomic E-state index is 13.6. The Morgan fingerprint density at radius 2 is 1.80 bits per heavy atom. The van der Waals surface area contributed by atoms with Gasteiger partial charge in [-0.15, -0.1) is 10.2 Å². The number of halogens is 3. The Morgan fingerprint density at radius 1 is 1.00 bits per heavy atom. The number of rotatable bonds is 7. The molecule has 5 aromatic rings. The first kappa shape index (κ1) is 26.9. The Labute approximate surface area is 238 Å². The van der Waals surface area contributed by atoms with Crippen LogP contribution in [0.5, 0.6) is 11.5 Å². The van der Waals surface area contributed by atoms with Crippen molar-refractivity contribution in [2.75, 3.05) is 24.3 Å². The molecule has 0 spiro atoms. The molecule has 6 rings (SSSR count). The molecule has 0 radical (unpaired) electrons. The van der Waals surface area contributed by atoms with Crippen LogP contribution in [0.1, 0.15) is 11.4 Å². The van der Waals surface area contributed by atoms with Crippen molar-refractivity contribution in [2.45, 2.75) is 17.9 Å². The number of amides is 1. The summed E-state index contributed by atoms with van der Waals surface area (Å²) in [5.41, 5.74) is 0.486. The number of hydrogen-bond acceptors (Lipinski definition) is 8. The van der Waals surface area contributed by atoms with Crippen LogP contribution in [0.2, 0.25) is 0 Å². The van der Waals surface area contributed by atoms with E-state index in [1.54, 1.807) is 30.3 Å². The van der Waals surface area contributed by atoms with Crippen LogP contribution in [0.3, 0.4) is 0 Å². The highest BCUT2D eigenvalue weighted by Crippen LogP contribution is 2.34. The first-order valence-electron chi connectivity index (χ1n) is 12.3. The van der Waals surface area contributed by atoms with Gasteiger partial charge in [-0.1, -0.05) is 41.3 Å². The number of nitrogens with zero attached hydrogens (tertiary/aromatic N) is 4. The highest BCUT2D eigenvalue weighted by atomic mass is 32.2. The van der Waals surface area contributed by atoms with Crippen molar-refractivity contribution < 1.29 is 27.4 Å². The van der Waals surface area contributed by atoms with Crippen LogP contribution in [0, 0.1) is 0 Å². The summed E-state index contributed by atoms with van der Waals surface area (Å²) in [4.78, 5) is 25.3. The topological polar surface area (TPSA) is 100 Å². The van der Waals surface area contributed by atoms with Crippen LogP contribution in [0.4, 0.5) is 18.9 Å². The summed E-state index contributed by atoms with van der Waals surface area (Å²) in [5, 5.41) is 11.4. The predicted molar refractivity (Wildman–Crippen MR) is 148 cm³/mol. The maximum atomic E-state index is 13.6. The van der Waals surface area contributed by atoms with Crippen LogP contribution in [-0.4, -0.2) is 44.2 Å². The highest BCUT2D eigenvalue weighted by Gasteiger charge is 2.31. The van der Waals surface area contributed by atoms with E-state index >= 15 is 0 Å². The minimum Gasteiger partial charge on any atom is -0.486 e. The summed E-state index contributed by atoms with van der Waals surface area (Å²) < 4.78 is 55.4. The van der Waals surface area contributed by atoms with Crippen LogP contribution < -0.4 is 19.7 Å². The van der Waals surface area contributed by atoms with E-state index < -0.39 is 11.7 Å². The van der Waals surface area contributed by atoms with Gasteiger partial charge in [0.2, 0.25) is 5.91 Å². The van der Waals surface area contributed by atoms with Crippen molar-refractivity contribution in [1.82, 2.24) is 19.3 Å². The van der Waals surface area contributed by atoms with Gasteiger partial charge in [0.1, 0.15) is 13.2 Å². The lowest BCUT2D eigenvalue weighted by atomic mass is 10.2. The minimum atomic E-state index is -4.57. The third kappa shape index (κ3) is 5.65. The number of alkyl halides is 3. The SMILES string of the molecule is O=C(CSc1nnc(Cn2c(=O)sc3ccccc32)n1-c1cccc(C(F)(F)F)c1)Nc1ccc2c(c1)OCCO2. The molecule has 1 N–H and O–H groups in total. The van der Waals surface area contributed by atoms with E-state index in [1.165, 1.54) is 21.3 Å². The van der Waals surface area contributed by atoms with Crippen LogP contribution in [0.25, 0.3) is 15.9 Å². The molecule has 14 heteroatoms. The highest BCUT2D eigenvalue weighted by molar-refractivity contribution is 7.99. The molecule has 1 amide bonds. The molecule has 1 aliphatic rings. The van der Waals surface area contributed by atoms with E-state index in [1.807, 2.05) is 12.1 Å². The van der Waals surface area contributed by atoms with E-state index in [4.69, 9.17) is 9.47 Å². The van der Waals surface area contributed by atoms with E-state index in [2.05, 4.69) is 15.5 Å². The summed E-state index contributed by atoms with van der Waals surface area (Å²) in [6, 6.07) is 17.0. The van der Waals surface area contributed by atoms with Gasteiger partial charge in [-0.05, 0) is 42.5 Å². The molecule has 9 nitrogen and oxygen atoms in total. The van der Waals surface area contributed by atoms with Crippen molar-refractivity contribution in [3.05, 3.63) is 87.8 Å². The van der Waals surface area contributed by atoms with Crippen LogP contribution in [0.15, 0.2) is 76.7 Å². The summed E-state index contributed by atoms with van der Waals surface area (Å²) in [5.74, 6) is 0.874. The fourth-order valence-corrected chi connectivity index (χ4v) is 5.99. The predicted octanol–water partition coefficient (Wildman–Crippen LogP) is 5.21. The van der Waals surface area contributed by atoms with Crippen molar-refractivity contribution in [2.24, 2.45) is 0 Å². The van der Waals surface area contributed by atoms with Gasteiger partial charge in [-0.2, -0.15) is 13.2 Å². The Balaban J connectivity index is 1.29. The van der Waals surface area contributed by atoms with Crippen molar-refractivity contribution in [1.29, 1.82) is 0 Å². The second-order valence-corrected chi connectivity index (χ2v) is 10.8. The molecular formula is C27H20F3N5O4S2. The van der Waals surface area contributed by atoms with Crippen molar-refractivity contribution >= 4 is 44.9 Å². The number of thioether (sulfide) groups is 1. The molecule has 0 bridgehead atoms. The number of nitrogens with one attached hydrogen (secondary N) is 1. The Morgan fingerprint density at radius 3 is 2.63 bits per heavy atom. The molecule has 0 aliphatic carbocycles. The summed E-state index contributed by atoms with van der Waals surface area (Å²) in [7, 11) is 0. The van der Waals surface area contributed by atoms with Crippen molar-refractivity contribution in [3.63, 3.8) is 0 Å². The fraction of sp³-hybridized carbons (Fsp3) is 0.185. The molecule has 0 atom stereocenters. The Bertz CT molecular complexity index is 1810. The first-order valence-corrected chi connectivity index (χ1v) is 14.1. The van der Waals surface area contributed by atoms with Gasteiger partial charge in [0.25, 0.3) is 0 Å². The van der Waals surface area contributed by atoms with E-state index in [-0.39, 0.29) is 39.7 Å². The van der Waals surface area contributed by atoms with Crippen LogP contribution >= 0.6 is 23.1 Å². The molecule has 0 unspecified atom stereocenters. The molecule has 0 fully saturated rings. The molecule has 3 aromatic carbocycles. The number of hydrogen-bond donors (Lipinski definition) is 1. The largest absolute Gasteiger partial charge is 0.486 e. The lowest BCUT2D eigenvalue weighted by Gasteiger charge is -2.19. The lowest BCUT2D eigenvalue weighted by molar-refractivity contribution is -0.137. The summed E-state index contributed by atoms with van der Waals surface area (Å²) in [6.45, 7) is 0.818. The lowest BCUT2D eigenvalue weighted by Crippen LogP contribution is -2.18. The second-order valence-electron chi connectivity index (χ2n) is 8.90. The second kappa shape index (κ2) is 10.9. The zero-order valence-corrected chi connectivity index (χ0v) is 22.7. The monoisotopic (exact) mass is 599 g/mol.